The third-order valence-electron chi connectivity index (χ3n) is 4.37. The van der Waals surface area contributed by atoms with Crippen molar-refractivity contribution in [1.82, 2.24) is 10.2 Å². The van der Waals surface area contributed by atoms with E-state index in [1.54, 1.807) is 16.2 Å². The third-order valence-corrected chi connectivity index (χ3v) is 6.22. The summed E-state index contributed by atoms with van der Waals surface area (Å²) in [5.41, 5.74) is -0.466. The molecule has 0 radical (unpaired) electrons. The first kappa shape index (κ1) is 15.0. The lowest BCUT2D eigenvalue weighted by Gasteiger charge is -2.22. The van der Waals surface area contributed by atoms with Gasteiger partial charge in [-0.15, -0.1) is 11.3 Å². The van der Waals surface area contributed by atoms with Gasteiger partial charge in [0.25, 0.3) is 0 Å². The molecule has 1 saturated carbocycles. The molecule has 1 amide bonds. The summed E-state index contributed by atoms with van der Waals surface area (Å²) in [6, 6.07) is 3.96. The molecule has 1 saturated heterocycles. The summed E-state index contributed by atoms with van der Waals surface area (Å²) in [4.78, 5) is 15.6. The zero-order valence-electron chi connectivity index (χ0n) is 12.0. The lowest BCUT2D eigenvalue weighted by Crippen LogP contribution is -2.44. The quantitative estimate of drug-likeness (QED) is 0.910. The van der Waals surface area contributed by atoms with Crippen molar-refractivity contribution >= 4 is 27.1 Å². The third kappa shape index (κ3) is 2.86. The normalized spacial score (nSPS) is 25.1. The molecule has 2 heterocycles. The second kappa shape index (κ2) is 5.37. The van der Waals surface area contributed by atoms with E-state index in [0.717, 1.165) is 30.6 Å². The maximum atomic E-state index is 12.8. The first-order valence-electron chi connectivity index (χ1n) is 7.21. The summed E-state index contributed by atoms with van der Waals surface area (Å²) < 4.78 is 22.9. The molecule has 1 aromatic heterocycles. The standard InChI is InChI=1S/C14H20N2O3S2/c1-21(18,19)10-8-16-12(11-5-4-9-20-11)15-14(13(16)17)6-2-3-7-14/h4-5,9,12,15H,2-3,6-8,10H2,1H3. The van der Waals surface area contributed by atoms with Crippen LogP contribution in [0.2, 0.25) is 0 Å². The minimum atomic E-state index is -3.08. The van der Waals surface area contributed by atoms with Gasteiger partial charge in [0.1, 0.15) is 16.0 Å². The van der Waals surface area contributed by atoms with E-state index in [1.807, 2.05) is 17.5 Å². The minimum absolute atomic E-state index is 0.0123. The van der Waals surface area contributed by atoms with E-state index in [4.69, 9.17) is 0 Å². The van der Waals surface area contributed by atoms with Crippen LogP contribution in [0.15, 0.2) is 17.5 Å². The summed E-state index contributed by atoms with van der Waals surface area (Å²) in [7, 11) is -3.08. The Hall–Kier alpha value is -0.920. The van der Waals surface area contributed by atoms with E-state index < -0.39 is 15.4 Å². The second-order valence-electron chi connectivity index (χ2n) is 5.98. The van der Waals surface area contributed by atoms with Gasteiger partial charge in [0, 0.05) is 17.7 Å². The van der Waals surface area contributed by atoms with E-state index >= 15 is 0 Å². The van der Waals surface area contributed by atoms with Crippen molar-refractivity contribution < 1.29 is 13.2 Å². The van der Waals surface area contributed by atoms with Gasteiger partial charge in [-0.3, -0.25) is 10.1 Å². The van der Waals surface area contributed by atoms with Gasteiger partial charge in [-0.2, -0.15) is 0 Å². The predicted molar refractivity (Wildman–Crippen MR) is 82.8 cm³/mol. The van der Waals surface area contributed by atoms with Gasteiger partial charge in [-0.25, -0.2) is 8.42 Å². The number of rotatable bonds is 4. The fraction of sp³-hybridized carbons (Fsp3) is 0.643. The van der Waals surface area contributed by atoms with E-state index in [-0.39, 0.29) is 24.4 Å². The van der Waals surface area contributed by atoms with Gasteiger partial charge < -0.3 is 4.90 Å². The van der Waals surface area contributed by atoms with E-state index in [1.165, 1.54) is 6.26 Å². The molecule has 0 bridgehead atoms. The Kier molecular flexibility index (Phi) is 3.83. The molecular weight excluding hydrogens is 308 g/mol. The maximum Gasteiger partial charge on any atom is 0.244 e. The maximum absolute atomic E-state index is 12.8. The van der Waals surface area contributed by atoms with Crippen LogP contribution in [0.3, 0.4) is 0 Å². The molecule has 1 aliphatic heterocycles. The Balaban J connectivity index is 1.87. The Morgan fingerprint density at radius 3 is 2.71 bits per heavy atom. The molecule has 1 spiro atoms. The molecule has 3 rings (SSSR count). The van der Waals surface area contributed by atoms with Crippen molar-refractivity contribution in [2.45, 2.75) is 37.4 Å². The van der Waals surface area contributed by atoms with Crippen molar-refractivity contribution in [3.05, 3.63) is 22.4 Å². The van der Waals surface area contributed by atoms with Crippen molar-refractivity contribution in [2.24, 2.45) is 0 Å². The fourth-order valence-electron chi connectivity index (χ4n) is 3.30. The topological polar surface area (TPSA) is 66.5 Å². The van der Waals surface area contributed by atoms with E-state index in [0.29, 0.717) is 0 Å². The SMILES string of the molecule is CS(=O)(=O)CCN1C(=O)C2(CCCC2)NC1c1cccs1. The second-order valence-corrected chi connectivity index (χ2v) is 9.22. The largest absolute Gasteiger partial charge is 0.319 e. The molecule has 21 heavy (non-hydrogen) atoms. The smallest absolute Gasteiger partial charge is 0.244 e. The van der Waals surface area contributed by atoms with Gasteiger partial charge in [-0.1, -0.05) is 18.9 Å². The van der Waals surface area contributed by atoms with Gasteiger partial charge in [0.05, 0.1) is 11.3 Å². The van der Waals surface area contributed by atoms with Gasteiger partial charge in [0.15, 0.2) is 0 Å². The average Bonchev–Trinajstić information content (AvgIpc) is 3.12. The molecule has 1 unspecified atom stereocenters. The highest BCUT2D eigenvalue weighted by molar-refractivity contribution is 7.90. The van der Waals surface area contributed by atoms with Crippen LogP contribution in [0.25, 0.3) is 0 Å². The van der Waals surface area contributed by atoms with E-state index in [2.05, 4.69) is 5.32 Å². The summed E-state index contributed by atoms with van der Waals surface area (Å²) in [5, 5.41) is 5.48. The molecule has 1 aromatic rings. The lowest BCUT2D eigenvalue weighted by atomic mass is 9.98. The molecule has 1 atom stereocenters. The predicted octanol–water partition coefficient (Wildman–Crippen LogP) is 1.54. The molecule has 1 aliphatic carbocycles. The fourth-order valence-corrected chi connectivity index (χ4v) is 4.61. The summed E-state index contributed by atoms with van der Waals surface area (Å²) in [6.45, 7) is 0.259. The zero-order chi connectivity index (χ0) is 15.1. The van der Waals surface area contributed by atoms with Crippen LogP contribution < -0.4 is 5.32 Å². The lowest BCUT2D eigenvalue weighted by molar-refractivity contribution is -0.132. The van der Waals surface area contributed by atoms with Crippen molar-refractivity contribution in [1.29, 1.82) is 0 Å². The highest BCUT2D eigenvalue weighted by Gasteiger charge is 2.52. The Morgan fingerprint density at radius 1 is 1.43 bits per heavy atom. The average molecular weight is 328 g/mol. The molecule has 116 valence electrons. The molecule has 2 fully saturated rings. The van der Waals surface area contributed by atoms with E-state index in [9.17, 15) is 13.2 Å². The summed E-state index contributed by atoms with van der Waals surface area (Å²) in [6.07, 6.45) is 4.84. The number of carbonyl (C=O) groups excluding carboxylic acids is 1. The first-order valence-corrected chi connectivity index (χ1v) is 10.2. The van der Waals surface area contributed by atoms with Gasteiger partial charge >= 0.3 is 0 Å². The number of hydrogen-bond donors (Lipinski definition) is 1. The molecule has 1 N–H and O–H groups in total. The van der Waals surface area contributed by atoms with Crippen molar-refractivity contribution in [3.63, 3.8) is 0 Å². The summed E-state index contributed by atoms with van der Waals surface area (Å²) in [5.74, 6) is 0.0836. The van der Waals surface area contributed by atoms with Crippen LogP contribution in [-0.2, 0) is 14.6 Å². The first-order chi connectivity index (χ1) is 9.91. The minimum Gasteiger partial charge on any atom is -0.319 e. The van der Waals surface area contributed by atoms with Gasteiger partial charge in [0.2, 0.25) is 5.91 Å². The highest BCUT2D eigenvalue weighted by Crippen LogP contribution is 2.41. The monoisotopic (exact) mass is 328 g/mol. The Morgan fingerprint density at radius 2 is 2.14 bits per heavy atom. The molecule has 0 aromatic carbocycles. The molecule has 5 nitrogen and oxygen atoms in total. The van der Waals surface area contributed by atoms with Crippen LogP contribution in [-0.4, -0.2) is 43.3 Å². The number of carbonyl (C=O) groups is 1. The zero-order valence-corrected chi connectivity index (χ0v) is 13.7. The number of nitrogens with zero attached hydrogens (tertiary/aromatic N) is 1. The van der Waals surface area contributed by atoms with Crippen LogP contribution in [0.1, 0.15) is 36.7 Å². The number of sulfone groups is 1. The number of nitrogens with one attached hydrogen (secondary N) is 1. The number of hydrogen-bond acceptors (Lipinski definition) is 5. The number of thiophene rings is 1. The number of amides is 1. The van der Waals surface area contributed by atoms with Crippen LogP contribution in [0, 0.1) is 0 Å². The molecule has 7 heteroatoms. The Labute approximate surface area is 129 Å². The Bertz CT molecular complexity index is 619. The van der Waals surface area contributed by atoms with Crippen LogP contribution in [0.5, 0.6) is 0 Å². The van der Waals surface area contributed by atoms with Crippen LogP contribution >= 0.6 is 11.3 Å². The highest BCUT2D eigenvalue weighted by atomic mass is 32.2. The van der Waals surface area contributed by atoms with Crippen LogP contribution in [0.4, 0.5) is 0 Å². The summed E-state index contributed by atoms with van der Waals surface area (Å²) >= 11 is 1.60. The van der Waals surface area contributed by atoms with Crippen molar-refractivity contribution in [2.75, 3.05) is 18.6 Å². The van der Waals surface area contributed by atoms with Gasteiger partial charge in [-0.05, 0) is 24.3 Å². The molecular formula is C14H20N2O3S2. The van der Waals surface area contributed by atoms with Crippen molar-refractivity contribution in [3.8, 4) is 0 Å². The molecule has 2 aliphatic rings.